The van der Waals surface area contributed by atoms with E-state index in [1.807, 2.05) is 24.8 Å². The number of carbonyl (C=O) groups excluding carboxylic acids is 2. The van der Waals surface area contributed by atoms with Crippen LogP contribution in [0.2, 0.25) is 0 Å². The van der Waals surface area contributed by atoms with Crippen LogP contribution in [0.5, 0.6) is 0 Å². The van der Waals surface area contributed by atoms with Gasteiger partial charge in [-0.05, 0) is 43.5 Å². The molecule has 1 aliphatic rings. The number of hydrogen-bond donors (Lipinski definition) is 0. The molecule has 1 heterocycles. The van der Waals surface area contributed by atoms with E-state index in [-0.39, 0.29) is 5.91 Å². The van der Waals surface area contributed by atoms with Crippen LogP contribution in [0.1, 0.15) is 27.0 Å². The van der Waals surface area contributed by atoms with Crippen LogP contribution >= 0.6 is 0 Å². The second kappa shape index (κ2) is 5.43. The number of nitrogens with zero attached hydrogens (tertiary/aromatic N) is 2. The van der Waals surface area contributed by atoms with E-state index in [1.54, 1.807) is 4.90 Å². The Kier molecular flexibility index (Phi) is 3.88. The Hall–Kier alpha value is -1.84. The van der Waals surface area contributed by atoms with E-state index < -0.39 is 0 Å². The average Bonchev–Trinajstić information content (AvgIpc) is 2.42. The molecule has 2 rings (SSSR count). The van der Waals surface area contributed by atoms with Gasteiger partial charge in [0.05, 0.1) is 0 Å². The molecule has 0 bridgehead atoms. The quantitative estimate of drug-likeness (QED) is 0.757. The van der Waals surface area contributed by atoms with Crippen molar-refractivity contribution in [3.63, 3.8) is 0 Å². The van der Waals surface area contributed by atoms with E-state index in [2.05, 4.69) is 13.0 Å². The van der Waals surface area contributed by atoms with Crippen molar-refractivity contribution in [3.8, 4) is 0 Å². The van der Waals surface area contributed by atoms with E-state index in [1.165, 1.54) is 5.56 Å². The highest BCUT2D eigenvalue weighted by Crippen LogP contribution is 2.18. The third-order valence-electron chi connectivity index (χ3n) is 3.82. The Bertz CT molecular complexity index is 503. The lowest BCUT2D eigenvalue weighted by atomic mass is 10.00. The van der Waals surface area contributed by atoms with Gasteiger partial charge < -0.3 is 9.80 Å². The molecule has 4 nitrogen and oxygen atoms in total. The smallest absolute Gasteiger partial charge is 0.254 e. The lowest BCUT2D eigenvalue weighted by molar-refractivity contribution is -0.119. The maximum absolute atomic E-state index is 12.5. The van der Waals surface area contributed by atoms with Crippen molar-refractivity contribution >= 4 is 12.3 Å². The summed E-state index contributed by atoms with van der Waals surface area (Å²) in [6, 6.07) is 4.03. The summed E-state index contributed by atoms with van der Waals surface area (Å²) < 4.78 is 0. The van der Waals surface area contributed by atoms with E-state index in [4.69, 9.17) is 0 Å². The van der Waals surface area contributed by atoms with Gasteiger partial charge in [0, 0.05) is 31.7 Å². The first-order valence-corrected chi connectivity index (χ1v) is 6.59. The minimum absolute atomic E-state index is 0.0751. The van der Waals surface area contributed by atoms with Gasteiger partial charge in [-0.25, -0.2) is 0 Å². The molecule has 0 atom stereocenters. The van der Waals surface area contributed by atoms with Crippen LogP contribution in [0.4, 0.5) is 0 Å². The highest BCUT2D eigenvalue weighted by atomic mass is 16.2. The summed E-state index contributed by atoms with van der Waals surface area (Å²) >= 11 is 0. The van der Waals surface area contributed by atoms with Crippen molar-refractivity contribution in [1.29, 1.82) is 0 Å². The Morgan fingerprint density at radius 3 is 2.16 bits per heavy atom. The van der Waals surface area contributed by atoms with Crippen molar-refractivity contribution in [2.24, 2.45) is 0 Å². The van der Waals surface area contributed by atoms with Crippen LogP contribution in [0.15, 0.2) is 12.1 Å². The molecular formula is C15H20N2O2. The highest BCUT2D eigenvalue weighted by Gasteiger charge is 2.22. The zero-order chi connectivity index (χ0) is 14.0. The van der Waals surface area contributed by atoms with Gasteiger partial charge in [0.1, 0.15) is 0 Å². The second-order valence-electron chi connectivity index (χ2n) is 5.18. The first kappa shape index (κ1) is 13.6. The molecule has 1 aromatic rings. The maximum Gasteiger partial charge on any atom is 0.254 e. The van der Waals surface area contributed by atoms with Crippen LogP contribution in [-0.4, -0.2) is 48.3 Å². The zero-order valence-corrected chi connectivity index (χ0v) is 11.8. The first-order valence-electron chi connectivity index (χ1n) is 6.59. The number of hydrogen-bond acceptors (Lipinski definition) is 2. The summed E-state index contributed by atoms with van der Waals surface area (Å²) in [5.41, 5.74) is 4.15. The molecule has 0 N–H and O–H groups in total. The van der Waals surface area contributed by atoms with Gasteiger partial charge in [0.2, 0.25) is 6.41 Å². The van der Waals surface area contributed by atoms with E-state index >= 15 is 0 Å². The zero-order valence-electron chi connectivity index (χ0n) is 11.8. The van der Waals surface area contributed by atoms with Crippen molar-refractivity contribution in [2.75, 3.05) is 26.2 Å². The third kappa shape index (κ3) is 2.78. The van der Waals surface area contributed by atoms with Crippen LogP contribution in [-0.2, 0) is 4.79 Å². The van der Waals surface area contributed by atoms with Gasteiger partial charge in [-0.2, -0.15) is 0 Å². The molecular weight excluding hydrogens is 240 g/mol. The van der Waals surface area contributed by atoms with Gasteiger partial charge in [-0.15, -0.1) is 0 Å². The molecule has 1 saturated heterocycles. The number of rotatable bonds is 2. The summed E-state index contributed by atoms with van der Waals surface area (Å²) in [5.74, 6) is 0.0751. The Morgan fingerprint density at radius 1 is 1.00 bits per heavy atom. The monoisotopic (exact) mass is 260 g/mol. The summed E-state index contributed by atoms with van der Waals surface area (Å²) in [7, 11) is 0. The minimum atomic E-state index is 0.0751. The molecule has 1 aromatic carbocycles. The van der Waals surface area contributed by atoms with Crippen LogP contribution in [0.3, 0.4) is 0 Å². The predicted octanol–water partition coefficient (Wildman–Crippen LogP) is 1.53. The normalized spacial score (nSPS) is 15.5. The molecule has 0 aromatic heterocycles. The van der Waals surface area contributed by atoms with E-state index in [0.717, 1.165) is 23.1 Å². The molecule has 102 valence electrons. The van der Waals surface area contributed by atoms with Gasteiger partial charge >= 0.3 is 0 Å². The van der Waals surface area contributed by atoms with Crippen molar-refractivity contribution in [1.82, 2.24) is 9.80 Å². The van der Waals surface area contributed by atoms with Crippen molar-refractivity contribution < 1.29 is 9.59 Å². The molecule has 0 saturated carbocycles. The van der Waals surface area contributed by atoms with Crippen LogP contribution < -0.4 is 0 Å². The maximum atomic E-state index is 12.5. The second-order valence-corrected chi connectivity index (χ2v) is 5.18. The van der Waals surface area contributed by atoms with Gasteiger partial charge in [0.15, 0.2) is 0 Å². The Labute approximate surface area is 114 Å². The summed E-state index contributed by atoms with van der Waals surface area (Å²) in [4.78, 5) is 26.7. The molecule has 0 aliphatic carbocycles. The van der Waals surface area contributed by atoms with Crippen molar-refractivity contribution in [2.45, 2.75) is 20.8 Å². The van der Waals surface area contributed by atoms with Crippen LogP contribution in [0, 0.1) is 20.8 Å². The fraction of sp³-hybridized carbons (Fsp3) is 0.467. The average molecular weight is 260 g/mol. The molecule has 4 heteroatoms. The molecule has 2 amide bonds. The molecule has 0 spiro atoms. The lowest BCUT2D eigenvalue weighted by Gasteiger charge is -2.33. The topological polar surface area (TPSA) is 40.6 Å². The molecule has 1 fully saturated rings. The summed E-state index contributed by atoms with van der Waals surface area (Å²) in [6.07, 6.45) is 0.850. The highest BCUT2D eigenvalue weighted by molar-refractivity contribution is 5.96. The Balaban J connectivity index is 2.16. The van der Waals surface area contributed by atoms with Gasteiger partial charge in [0.25, 0.3) is 5.91 Å². The predicted molar refractivity (Wildman–Crippen MR) is 74.2 cm³/mol. The van der Waals surface area contributed by atoms with Gasteiger partial charge in [-0.3, -0.25) is 9.59 Å². The fourth-order valence-corrected chi connectivity index (χ4v) is 2.39. The molecule has 0 radical (unpaired) electrons. The van der Waals surface area contributed by atoms with Gasteiger partial charge in [-0.1, -0.05) is 6.07 Å². The fourth-order valence-electron chi connectivity index (χ4n) is 2.39. The first-order chi connectivity index (χ1) is 9.02. The molecule has 0 unspecified atom stereocenters. The standard InChI is InChI=1S/C15H20N2O2/c1-11-8-13(3)14(9-12(11)2)15(19)17-6-4-16(10-18)5-7-17/h8-10H,4-7H2,1-3H3. The summed E-state index contributed by atoms with van der Waals surface area (Å²) in [6.45, 7) is 8.53. The minimum Gasteiger partial charge on any atom is -0.342 e. The largest absolute Gasteiger partial charge is 0.342 e. The van der Waals surface area contributed by atoms with E-state index in [9.17, 15) is 9.59 Å². The number of carbonyl (C=O) groups is 2. The SMILES string of the molecule is Cc1cc(C)c(C(=O)N2CCN(C=O)CC2)cc1C. The van der Waals surface area contributed by atoms with Crippen molar-refractivity contribution in [3.05, 3.63) is 34.4 Å². The number of piperazine rings is 1. The van der Waals surface area contributed by atoms with E-state index in [0.29, 0.717) is 26.2 Å². The third-order valence-corrected chi connectivity index (χ3v) is 3.82. The molecule has 1 aliphatic heterocycles. The lowest BCUT2D eigenvalue weighted by Crippen LogP contribution is -2.48. The number of amides is 2. The van der Waals surface area contributed by atoms with Crippen LogP contribution in [0.25, 0.3) is 0 Å². The number of benzene rings is 1. The number of aryl methyl sites for hydroxylation is 3. The molecule has 19 heavy (non-hydrogen) atoms. The Morgan fingerprint density at radius 2 is 1.58 bits per heavy atom. The summed E-state index contributed by atoms with van der Waals surface area (Å²) in [5, 5.41) is 0.